The van der Waals surface area contributed by atoms with Crippen LogP contribution < -0.4 is 5.32 Å². The van der Waals surface area contributed by atoms with Crippen molar-refractivity contribution in [1.82, 2.24) is 0 Å². The third kappa shape index (κ3) is 3.78. The van der Waals surface area contributed by atoms with Crippen molar-refractivity contribution in [3.8, 4) is 0 Å². The fourth-order valence-corrected chi connectivity index (χ4v) is 1.58. The van der Waals surface area contributed by atoms with Gasteiger partial charge in [-0.15, -0.1) is 0 Å². The predicted octanol–water partition coefficient (Wildman–Crippen LogP) is 2.34. The molecule has 1 aromatic carbocycles. The van der Waals surface area contributed by atoms with Crippen LogP contribution in [0.1, 0.15) is 25.8 Å². The van der Waals surface area contributed by atoms with E-state index in [2.05, 4.69) is 5.32 Å². The average molecular weight is 280 g/mol. The number of carbonyl (C=O) groups excluding carboxylic acids is 1. The van der Waals surface area contributed by atoms with Gasteiger partial charge in [0.05, 0.1) is 10.3 Å². The number of aliphatic carboxylic acids is 1. The summed E-state index contributed by atoms with van der Waals surface area (Å²) in [5.41, 5.74) is -0.635. The average Bonchev–Trinajstić information content (AvgIpc) is 2.27. The molecule has 1 rings (SSSR count). The SMILES string of the molecule is Cc1ccc([N+](=O)[O-])c(NC(=O)CC(C)(C)C(=O)O)c1. The van der Waals surface area contributed by atoms with Gasteiger partial charge >= 0.3 is 5.97 Å². The minimum atomic E-state index is -1.23. The molecule has 0 aliphatic carbocycles. The number of nitrogens with zero attached hydrogens (tertiary/aromatic N) is 1. The lowest BCUT2D eigenvalue weighted by atomic mass is 9.89. The van der Waals surface area contributed by atoms with Crippen LogP contribution in [0.4, 0.5) is 11.4 Å². The molecule has 0 heterocycles. The number of amides is 1. The number of aryl methyl sites for hydroxylation is 1. The lowest BCUT2D eigenvalue weighted by Gasteiger charge is -2.18. The molecule has 0 aromatic heterocycles. The molecule has 0 saturated heterocycles. The first-order chi connectivity index (χ1) is 9.13. The van der Waals surface area contributed by atoms with Gasteiger partial charge in [-0.2, -0.15) is 0 Å². The van der Waals surface area contributed by atoms with Crippen LogP contribution in [0.15, 0.2) is 18.2 Å². The van der Waals surface area contributed by atoms with Gasteiger partial charge in [0.1, 0.15) is 5.69 Å². The molecule has 0 atom stereocenters. The van der Waals surface area contributed by atoms with E-state index in [0.29, 0.717) is 0 Å². The van der Waals surface area contributed by atoms with E-state index in [-0.39, 0.29) is 17.8 Å². The van der Waals surface area contributed by atoms with Gasteiger partial charge in [-0.05, 0) is 32.4 Å². The molecule has 108 valence electrons. The Balaban J connectivity index is 2.94. The Bertz CT molecular complexity index is 566. The van der Waals surface area contributed by atoms with E-state index < -0.39 is 22.2 Å². The summed E-state index contributed by atoms with van der Waals surface area (Å²) in [6, 6.07) is 4.34. The number of carbonyl (C=O) groups is 2. The van der Waals surface area contributed by atoms with Gasteiger partial charge in [-0.3, -0.25) is 19.7 Å². The number of carboxylic acids is 1. The van der Waals surface area contributed by atoms with Gasteiger partial charge in [0.15, 0.2) is 0 Å². The van der Waals surface area contributed by atoms with Crippen molar-refractivity contribution >= 4 is 23.3 Å². The Morgan fingerprint density at radius 3 is 2.50 bits per heavy atom. The Labute approximate surface area is 115 Å². The molecule has 0 aliphatic heterocycles. The molecular weight excluding hydrogens is 264 g/mol. The van der Waals surface area contributed by atoms with Crippen LogP contribution in [0.2, 0.25) is 0 Å². The summed E-state index contributed by atoms with van der Waals surface area (Å²) in [6.45, 7) is 4.57. The number of hydrogen-bond donors (Lipinski definition) is 2. The Kier molecular flexibility index (Phi) is 4.44. The molecule has 0 saturated carbocycles. The molecule has 20 heavy (non-hydrogen) atoms. The third-order valence-corrected chi connectivity index (χ3v) is 2.80. The zero-order valence-corrected chi connectivity index (χ0v) is 11.5. The molecule has 0 bridgehead atoms. The lowest BCUT2D eigenvalue weighted by Crippen LogP contribution is -2.29. The van der Waals surface area contributed by atoms with Crippen LogP contribution in [0.25, 0.3) is 0 Å². The highest BCUT2D eigenvalue weighted by molar-refractivity contribution is 5.95. The van der Waals surface area contributed by atoms with Crippen molar-refractivity contribution < 1.29 is 19.6 Å². The highest BCUT2D eigenvalue weighted by Crippen LogP contribution is 2.27. The molecule has 7 nitrogen and oxygen atoms in total. The summed E-state index contributed by atoms with van der Waals surface area (Å²) in [4.78, 5) is 33.0. The van der Waals surface area contributed by atoms with Crippen LogP contribution in [0.5, 0.6) is 0 Å². The van der Waals surface area contributed by atoms with E-state index in [1.54, 1.807) is 13.0 Å². The van der Waals surface area contributed by atoms with Crippen LogP contribution in [0, 0.1) is 22.5 Å². The second-order valence-corrected chi connectivity index (χ2v) is 5.19. The summed E-state index contributed by atoms with van der Waals surface area (Å²) in [7, 11) is 0. The highest BCUT2D eigenvalue weighted by Gasteiger charge is 2.30. The number of anilines is 1. The van der Waals surface area contributed by atoms with E-state index in [1.165, 1.54) is 26.0 Å². The minimum Gasteiger partial charge on any atom is -0.481 e. The third-order valence-electron chi connectivity index (χ3n) is 2.80. The zero-order valence-electron chi connectivity index (χ0n) is 11.5. The number of nitro groups is 1. The predicted molar refractivity (Wildman–Crippen MR) is 72.5 cm³/mol. The first-order valence-corrected chi connectivity index (χ1v) is 5.92. The van der Waals surface area contributed by atoms with E-state index in [9.17, 15) is 19.7 Å². The molecule has 0 aliphatic rings. The smallest absolute Gasteiger partial charge is 0.309 e. The molecular formula is C13H16N2O5. The van der Waals surface area contributed by atoms with Crippen molar-refractivity contribution in [1.29, 1.82) is 0 Å². The van der Waals surface area contributed by atoms with Gasteiger partial charge in [0.2, 0.25) is 5.91 Å². The van der Waals surface area contributed by atoms with Crippen molar-refractivity contribution in [2.45, 2.75) is 27.2 Å². The van der Waals surface area contributed by atoms with E-state index in [4.69, 9.17) is 5.11 Å². The number of nitro benzene ring substituents is 1. The van der Waals surface area contributed by atoms with Crippen LogP contribution in [-0.4, -0.2) is 21.9 Å². The first-order valence-electron chi connectivity index (χ1n) is 5.92. The molecule has 0 radical (unpaired) electrons. The van der Waals surface area contributed by atoms with Gasteiger partial charge in [-0.25, -0.2) is 0 Å². The quantitative estimate of drug-likeness (QED) is 0.635. The number of nitrogens with one attached hydrogen (secondary N) is 1. The fraction of sp³-hybridized carbons (Fsp3) is 0.385. The zero-order chi connectivity index (χ0) is 15.5. The maximum absolute atomic E-state index is 11.8. The second kappa shape index (κ2) is 5.68. The van der Waals surface area contributed by atoms with Gasteiger partial charge in [0, 0.05) is 12.5 Å². The number of hydrogen-bond acceptors (Lipinski definition) is 4. The lowest BCUT2D eigenvalue weighted by molar-refractivity contribution is -0.383. The van der Waals surface area contributed by atoms with Gasteiger partial charge < -0.3 is 10.4 Å². The molecule has 2 N–H and O–H groups in total. The Hall–Kier alpha value is -2.44. The van der Waals surface area contributed by atoms with Gasteiger partial charge in [-0.1, -0.05) is 6.07 Å². The standard InChI is InChI=1S/C13H16N2O5/c1-8-4-5-10(15(19)20)9(6-8)14-11(16)7-13(2,3)12(17)18/h4-6H,7H2,1-3H3,(H,14,16)(H,17,18). The van der Waals surface area contributed by atoms with Crippen LogP contribution in [0.3, 0.4) is 0 Å². The minimum absolute atomic E-state index is 0.0705. The normalized spacial score (nSPS) is 10.9. The van der Waals surface area contributed by atoms with Gasteiger partial charge in [0.25, 0.3) is 5.69 Å². The van der Waals surface area contributed by atoms with Crippen molar-refractivity contribution in [2.24, 2.45) is 5.41 Å². The summed E-state index contributed by atoms with van der Waals surface area (Å²) in [5, 5.41) is 22.2. The summed E-state index contributed by atoms with van der Waals surface area (Å²) in [6.07, 6.45) is -0.270. The Morgan fingerprint density at radius 2 is 2.00 bits per heavy atom. The van der Waals surface area contributed by atoms with E-state index in [1.807, 2.05) is 0 Å². The van der Waals surface area contributed by atoms with Crippen molar-refractivity contribution in [3.05, 3.63) is 33.9 Å². The van der Waals surface area contributed by atoms with Crippen LogP contribution in [-0.2, 0) is 9.59 Å². The Morgan fingerprint density at radius 1 is 1.40 bits per heavy atom. The highest BCUT2D eigenvalue weighted by atomic mass is 16.6. The first kappa shape index (κ1) is 15.6. The molecule has 1 aromatic rings. The summed E-state index contributed by atoms with van der Waals surface area (Å²) < 4.78 is 0. The molecule has 0 fully saturated rings. The second-order valence-electron chi connectivity index (χ2n) is 5.19. The molecule has 0 unspecified atom stereocenters. The summed E-state index contributed by atoms with van der Waals surface area (Å²) >= 11 is 0. The van der Waals surface area contributed by atoms with Crippen molar-refractivity contribution in [2.75, 3.05) is 5.32 Å². The summed E-state index contributed by atoms with van der Waals surface area (Å²) in [5.74, 6) is -1.68. The van der Waals surface area contributed by atoms with Crippen LogP contribution >= 0.6 is 0 Å². The number of carboxylic acid groups (broad SMARTS) is 1. The van der Waals surface area contributed by atoms with Crippen molar-refractivity contribution in [3.63, 3.8) is 0 Å². The topological polar surface area (TPSA) is 110 Å². The monoisotopic (exact) mass is 280 g/mol. The number of benzene rings is 1. The molecule has 0 spiro atoms. The van der Waals surface area contributed by atoms with E-state index in [0.717, 1.165) is 5.56 Å². The maximum Gasteiger partial charge on any atom is 0.309 e. The number of rotatable bonds is 5. The van der Waals surface area contributed by atoms with E-state index >= 15 is 0 Å². The largest absolute Gasteiger partial charge is 0.481 e. The fourth-order valence-electron chi connectivity index (χ4n) is 1.58. The maximum atomic E-state index is 11.8. The molecule has 7 heteroatoms. The molecule has 1 amide bonds.